The maximum absolute atomic E-state index is 8.80. The Morgan fingerprint density at radius 3 is 2.47 bits per heavy atom. The molecule has 1 fully saturated rings. The van der Waals surface area contributed by atoms with E-state index in [2.05, 4.69) is 35.2 Å². The van der Waals surface area contributed by atoms with E-state index in [0.29, 0.717) is 0 Å². The molecule has 1 aromatic carbocycles. The van der Waals surface area contributed by atoms with Crippen molar-refractivity contribution in [3.05, 3.63) is 35.9 Å². The predicted molar refractivity (Wildman–Crippen MR) is 60.1 cm³/mol. The molecule has 0 bridgehead atoms. The van der Waals surface area contributed by atoms with Gasteiger partial charge in [-0.15, -0.1) is 0 Å². The normalized spacial score (nSPS) is 18.6. The number of hydrogen-bond donors (Lipinski definition) is 0. The number of likely N-dealkylation sites (tertiary alicyclic amines) is 1. The Balaban J connectivity index is 1.85. The largest absolute Gasteiger partial charge is 0.299 e. The van der Waals surface area contributed by atoms with E-state index in [1.54, 1.807) is 0 Å². The lowest BCUT2D eigenvalue weighted by Gasteiger charge is -2.28. The molecule has 1 aromatic rings. The monoisotopic (exact) mass is 200 g/mol. The number of piperidine rings is 1. The van der Waals surface area contributed by atoms with Gasteiger partial charge in [0.1, 0.15) is 0 Å². The molecule has 0 atom stereocenters. The van der Waals surface area contributed by atoms with Crippen LogP contribution in [0, 0.1) is 17.2 Å². The van der Waals surface area contributed by atoms with Gasteiger partial charge in [-0.05, 0) is 31.5 Å². The van der Waals surface area contributed by atoms with E-state index in [9.17, 15) is 0 Å². The number of hydrogen-bond acceptors (Lipinski definition) is 2. The van der Waals surface area contributed by atoms with Crippen molar-refractivity contribution in [3.8, 4) is 6.07 Å². The molecule has 1 saturated heterocycles. The highest BCUT2D eigenvalue weighted by molar-refractivity contribution is 5.14. The molecule has 0 aromatic heterocycles. The van der Waals surface area contributed by atoms with Crippen molar-refractivity contribution >= 4 is 0 Å². The third-order valence-corrected chi connectivity index (χ3v) is 3.02. The lowest BCUT2D eigenvalue weighted by molar-refractivity contribution is 0.198. The topological polar surface area (TPSA) is 27.0 Å². The molecule has 0 amide bonds. The zero-order chi connectivity index (χ0) is 10.5. The Labute approximate surface area is 91.1 Å². The Morgan fingerprint density at radius 2 is 1.87 bits per heavy atom. The molecule has 0 radical (unpaired) electrons. The van der Waals surface area contributed by atoms with Gasteiger partial charge in [0, 0.05) is 12.5 Å². The average Bonchev–Trinajstić information content (AvgIpc) is 2.31. The molecule has 15 heavy (non-hydrogen) atoms. The maximum atomic E-state index is 8.80. The quantitative estimate of drug-likeness (QED) is 0.733. The second kappa shape index (κ2) is 4.95. The molecule has 1 heterocycles. The molecule has 0 unspecified atom stereocenters. The molecule has 0 spiro atoms. The van der Waals surface area contributed by atoms with Crippen LogP contribution < -0.4 is 0 Å². The van der Waals surface area contributed by atoms with Gasteiger partial charge < -0.3 is 0 Å². The molecule has 1 aliphatic rings. The molecule has 2 rings (SSSR count). The number of benzene rings is 1. The van der Waals surface area contributed by atoms with Crippen LogP contribution in [0.2, 0.25) is 0 Å². The Hall–Kier alpha value is -1.33. The summed E-state index contributed by atoms with van der Waals surface area (Å²) in [6.07, 6.45) is 2.06. The zero-order valence-corrected chi connectivity index (χ0v) is 8.89. The molecule has 2 heteroatoms. The summed E-state index contributed by atoms with van der Waals surface area (Å²) >= 11 is 0. The predicted octanol–water partition coefficient (Wildman–Crippen LogP) is 2.42. The van der Waals surface area contributed by atoms with Crippen LogP contribution in [0.25, 0.3) is 0 Å². The average molecular weight is 200 g/mol. The second-order valence-electron chi connectivity index (χ2n) is 4.17. The summed E-state index contributed by atoms with van der Waals surface area (Å²) < 4.78 is 0. The van der Waals surface area contributed by atoms with Crippen LogP contribution in [0.15, 0.2) is 30.3 Å². The van der Waals surface area contributed by atoms with Crippen molar-refractivity contribution in [3.63, 3.8) is 0 Å². The highest BCUT2D eigenvalue weighted by atomic mass is 15.1. The van der Waals surface area contributed by atoms with Crippen LogP contribution in [0.5, 0.6) is 0 Å². The highest BCUT2D eigenvalue weighted by Gasteiger charge is 2.18. The van der Waals surface area contributed by atoms with Crippen molar-refractivity contribution in [1.29, 1.82) is 5.26 Å². The van der Waals surface area contributed by atoms with Crippen molar-refractivity contribution in [1.82, 2.24) is 4.90 Å². The van der Waals surface area contributed by atoms with E-state index in [4.69, 9.17) is 5.26 Å². The fourth-order valence-electron chi connectivity index (χ4n) is 2.06. The Bertz CT molecular complexity index is 331. The summed E-state index contributed by atoms with van der Waals surface area (Å²) in [4.78, 5) is 2.43. The minimum absolute atomic E-state index is 0.289. The standard InChI is InChI=1S/C13H16N2/c14-10-12-6-8-15(9-7-12)11-13-4-2-1-3-5-13/h1-5,12H,6-9,11H2. The van der Waals surface area contributed by atoms with Crippen LogP contribution in [0.3, 0.4) is 0 Å². The lowest BCUT2D eigenvalue weighted by Crippen LogP contribution is -2.32. The smallest absolute Gasteiger partial charge is 0.0656 e. The van der Waals surface area contributed by atoms with Gasteiger partial charge in [0.25, 0.3) is 0 Å². The first kappa shape index (κ1) is 10.2. The van der Waals surface area contributed by atoms with E-state index >= 15 is 0 Å². The summed E-state index contributed by atoms with van der Waals surface area (Å²) in [7, 11) is 0. The Morgan fingerprint density at radius 1 is 1.20 bits per heavy atom. The molecular formula is C13H16N2. The number of nitrogens with zero attached hydrogens (tertiary/aromatic N) is 2. The first-order valence-corrected chi connectivity index (χ1v) is 5.54. The zero-order valence-electron chi connectivity index (χ0n) is 8.89. The van der Waals surface area contributed by atoms with Crippen molar-refractivity contribution in [2.75, 3.05) is 13.1 Å². The van der Waals surface area contributed by atoms with Crippen LogP contribution in [-0.4, -0.2) is 18.0 Å². The minimum Gasteiger partial charge on any atom is -0.299 e. The third-order valence-electron chi connectivity index (χ3n) is 3.02. The second-order valence-corrected chi connectivity index (χ2v) is 4.17. The molecule has 0 saturated carbocycles. The minimum atomic E-state index is 0.289. The van der Waals surface area contributed by atoms with Crippen LogP contribution in [0.4, 0.5) is 0 Å². The maximum Gasteiger partial charge on any atom is 0.0656 e. The fraction of sp³-hybridized carbons (Fsp3) is 0.462. The Kier molecular flexibility index (Phi) is 3.37. The van der Waals surface area contributed by atoms with E-state index in [-0.39, 0.29) is 5.92 Å². The molecular weight excluding hydrogens is 184 g/mol. The highest BCUT2D eigenvalue weighted by Crippen LogP contribution is 2.17. The summed E-state index contributed by atoms with van der Waals surface area (Å²) in [6, 6.07) is 12.9. The summed E-state index contributed by atoms with van der Waals surface area (Å²) in [5.74, 6) is 0.289. The molecule has 2 nitrogen and oxygen atoms in total. The summed E-state index contributed by atoms with van der Waals surface area (Å²) in [6.45, 7) is 3.15. The van der Waals surface area contributed by atoms with Gasteiger partial charge in [-0.1, -0.05) is 30.3 Å². The van der Waals surface area contributed by atoms with Gasteiger partial charge >= 0.3 is 0 Å². The van der Waals surface area contributed by atoms with Crippen molar-refractivity contribution in [2.24, 2.45) is 5.92 Å². The first-order valence-electron chi connectivity index (χ1n) is 5.54. The van der Waals surface area contributed by atoms with Crippen LogP contribution in [0.1, 0.15) is 18.4 Å². The molecule has 0 aliphatic carbocycles. The fourth-order valence-corrected chi connectivity index (χ4v) is 2.06. The van der Waals surface area contributed by atoms with E-state index in [0.717, 1.165) is 32.5 Å². The van der Waals surface area contributed by atoms with Gasteiger partial charge in [0.2, 0.25) is 0 Å². The van der Waals surface area contributed by atoms with Crippen LogP contribution >= 0.6 is 0 Å². The third kappa shape index (κ3) is 2.81. The van der Waals surface area contributed by atoms with E-state index in [1.807, 2.05) is 6.07 Å². The van der Waals surface area contributed by atoms with Gasteiger partial charge in [-0.2, -0.15) is 5.26 Å². The summed E-state index contributed by atoms with van der Waals surface area (Å²) in [5.41, 5.74) is 1.37. The number of nitriles is 1. The molecule has 78 valence electrons. The molecule has 0 N–H and O–H groups in total. The van der Waals surface area contributed by atoms with Crippen LogP contribution in [-0.2, 0) is 6.54 Å². The molecule has 1 aliphatic heterocycles. The summed E-state index contributed by atoms with van der Waals surface area (Å²) in [5, 5.41) is 8.80. The van der Waals surface area contributed by atoms with E-state index in [1.165, 1.54) is 5.56 Å². The van der Waals surface area contributed by atoms with Gasteiger partial charge in [-0.25, -0.2) is 0 Å². The number of rotatable bonds is 2. The van der Waals surface area contributed by atoms with Gasteiger partial charge in [-0.3, -0.25) is 4.90 Å². The van der Waals surface area contributed by atoms with Gasteiger partial charge in [0.05, 0.1) is 6.07 Å². The SMILES string of the molecule is N#CC1CCN(Cc2ccccc2)CC1. The first-order chi connectivity index (χ1) is 7.38. The van der Waals surface area contributed by atoms with Crippen molar-refractivity contribution in [2.45, 2.75) is 19.4 Å². The van der Waals surface area contributed by atoms with E-state index < -0.39 is 0 Å². The van der Waals surface area contributed by atoms with Gasteiger partial charge in [0.15, 0.2) is 0 Å². The van der Waals surface area contributed by atoms with Crippen molar-refractivity contribution < 1.29 is 0 Å². The lowest BCUT2D eigenvalue weighted by atomic mass is 9.98.